The molecule has 45 heavy (non-hydrogen) atoms. The summed E-state index contributed by atoms with van der Waals surface area (Å²) in [6, 6.07) is 2.83. The average Bonchev–Trinajstić information content (AvgIpc) is 3.76. The summed E-state index contributed by atoms with van der Waals surface area (Å²) < 4.78 is 24.3. The van der Waals surface area contributed by atoms with E-state index in [1.54, 1.807) is 13.0 Å². The first-order valence-electron chi connectivity index (χ1n) is 17.2. The van der Waals surface area contributed by atoms with Gasteiger partial charge in [0.05, 0.1) is 30.8 Å². The van der Waals surface area contributed by atoms with Gasteiger partial charge in [-0.3, -0.25) is 9.59 Å². The van der Waals surface area contributed by atoms with Crippen molar-refractivity contribution in [3.63, 3.8) is 0 Å². The van der Waals surface area contributed by atoms with Gasteiger partial charge in [-0.2, -0.15) is 0 Å². The van der Waals surface area contributed by atoms with Gasteiger partial charge in [-0.05, 0) is 75.2 Å². The maximum absolute atomic E-state index is 13.4. The Morgan fingerprint density at radius 1 is 1.16 bits per heavy atom. The summed E-state index contributed by atoms with van der Waals surface area (Å²) in [6.45, 7) is 19.6. The van der Waals surface area contributed by atoms with Crippen LogP contribution in [0.25, 0.3) is 0 Å². The van der Waals surface area contributed by atoms with Gasteiger partial charge in [0.25, 0.3) is 0 Å². The van der Waals surface area contributed by atoms with Crippen LogP contribution in [0.3, 0.4) is 0 Å². The number of esters is 2. The molecule has 0 spiro atoms. The third-order valence-corrected chi connectivity index (χ3v) is 14.7. The predicted molar refractivity (Wildman–Crippen MR) is 181 cm³/mol. The van der Waals surface area contributed by atoms with Crippen LogP contribution in [0.15, 0.2) is 36.0 Å². The highest BCUT2D eigenvalue weighted by Gasteiger charge is 2.45. The van der Waals surface area contributed by atoms with Crippen molar-refractivity contribution in [3.8, 4) is 0 Å². The number of aliphatic hydroxyl groups is 2. The number of hydrogen-bond donors (Lipinski definition) is 2. The molecule has 2 aliphatic rings. The van der Waals surface area contributed by atoms with Gasteiger partial charge in [-0.1, -0.05) is 72.8 Å². The van der Waals surface area contributed by atoms with Gasteiger partial charge in [0.15, 0.2) is 8.32 Å². The van der Waals surface area contributed by atoms with Crippen LogP contribution < -0.4 is 0 Å². The molecule has 0 bridgehead atoms. The van der Waals surface area contributed by atoms with Crippen molar-refractivity contribution >= 4 is 20.3 Å². The maximum Gasteiger partial charge on any atom is 0.308 e. The van der Waals surface area contributed by atoms with Crippen molar-refractivity contribution in [2.75, 3.05) is 0 Å². The number of carbonyl (C=O) groups excluding carboxylic acids is 2. The van der Waals surface area contributed by atoms with Crippen LogP contribution in [0.5, 0.6) is 0 Å². The fourth-order valence-corrected chi connectivity index (χ4v) is 9.32. The van der Waals surface area contributed by atoms with E-state index in [1.165, 1.54) is 6.92 Å². The zero-order valence-electron chi connectivity index (χ0n) is 29.6. The Bertz CT molecular complexity index is 1020. The summed E-state index contributed by atoms with van der Waals surface area (Å²) >= 11 is 0. The molecule has 1 fully saturated rings. The van der Waals surface area contributed by atoms with Gasteiger partial charge in [0.1, 0.15) is 17.8 Å². The fraction of sp³-hybridized carbons (Fsp3) is 0.778. The molecule has 0 aliphatic carbocycles. The second-order valence-corrected chi connectivity index (χ2v) is 18.5. The largest absolute Gasteiger partial charge is 0.457 e. The van der Waals surface area contributed by atoms with E-state index in [1.807, 2.05) is 45.9 Å². The van der Waals surface area contributed by atoms with E-state index in [0.717, 1.165) is 36.5 Å². The Labute approximate surface area is 273 Å². The van der Waals surface area contributed by atoms with Gasteiger partial charge in [-0.15, -0.1) is 0 Å². The Morgan fingerprint density at radius 3 is 2.38 bits per heavy atom. The predicted octanol–water partition coefficient (Wildman–Crippen LogP) is 7.05. The molecular weight excluding hydrogens is 588 g/mol. The van der Waals surface area contributed by atoms with Crippen molar-refractivity contribution in [1.82, 2.24) is 0 Å². The SMILES string of the molecule is CCC(O)C(C)C1OC1CC(C)/C=C/C=C(\C)C1OC(=O)CC(O[Si](CC)(CC)CC)CCC(C)(O)C(OC(C)=O)/C=C/C1C. The number of rotatable bonds is 14. The molecule has 10 unspecified atom stereocenters. The molecule has 8 nitrogen and oxygen atoms in total. The lowest BCUT2D eigenvalue weighted by Gasteiger charge is -2.36. The first kappa shape index (κ1) is 39.4. The minimum absolute atomic E-state index is 0.101. The van der Waals surface area contributed by atoms with E-state index in [2.05, 4.69) is 33.8 Å². The number of cyclic esters (lactones) is 1. The van der Waals surface area contributed by atoms with Crippen LogP contribution in [0.2, 0.25) is 18.1 Å². The van der Waals surface area contributed by atoms with E-state index in [4.69, 9.17) is 18.6 Å². The maximum atomic E-state index is 13.4. The van der Waals surface area contributed by atoms with E-state index >= 15 is 0 Å². The average molecular weight is 651 g/mol. The Hall–Kier alpha value is -1.78. The van der Waals surface area contributed by atoms with E-state index in [0.29, 0.717) is 12.8 Å². The molecule has 2 heterocycles. The van der Waals surface area contributed by atoms with Gasteiger partial charge in [-0.25, -0.2) is 0 Å². The molecule has 2 rings (SSSR count). The van der Waals surface area contributed by atoms with Crippen molar-refractivity contribution < 1.29 is 38.4 Å². The minimum Gasteiger partial charge on any atom is -0.457 e. The molecule has 0 amide bonds. The number of aliphatic hydroxyl groups excluding tert-OH is 1. The van der Waals surface area contributed by atoms with Crippen molar-refractivity contribution in [2.45, 2.75) is 162 Å². The van der Waals surface area contributed by atoms with Gasteiger partial charge < -0.3 is 28.8 Å². The Morgan fingerprint density at radius 2 is 1.80 bits per heavy atom. The fourth-order valence-electron chi connectivity index (χ4n) is 6.41. The lowest BCUT2D eigenvalue weighted by Crippen LogP contribution is -2.45. The van der Waals surface area contributed by atoms with Gasteiger partial charge in [0.2, 0.25) is 0 Å². The highest BCUT2D eigenvalue weighted by Crippen LogP contribution is 2.36. The highest BCUT2D eigenvalue weighted by atomic mass is 28.4. The second kappa shape index (κ2) is 17.9. The van der Waals surface area contributed by atoms with Crippen LogP contribution >= 0.6 is 0 Å². The summed E-state index contributed by atoms with van der Waals surface area (Å²) in [5.41, 5.74) is -0.453. The summed E-state index contributed by atoms with van der Waals surface area (Å²) in [7, 11) is -2.05. The Kier molecular flexibility index (Phi) is 15.7. The van der Waals surface area contributed by atoms with Crippen LogP contribution in [0.1, 0.15) is 101 Å². The van der Waals surface area contributed by atoms with E-state index in [9.17, 15) is 19.8 Å². The Balaban J connectivity index is 2.28. The van der Waals surface area contributed by atoms with Crippen LogP contribution in [0, 0.1) is 17.8 Å². The molecule has 1 saturated heterocycles. The van der Waals surface area contributed by atoms with Crippen molar-refractivity contribution in [2.24, 2.45) is 17.8 Å². The topological polar surface area (TPSA) is 115 Å². The smallest absolute Gasteiger partial charge is 0.308 e. The monoisotopic (exact) mass is 650 g/mol. The molecule has 0 aromatic carbocycles. The number of hydrogen-bond acceptors (Lipinski definition) is 8. The molecule has 258 valence electrons. The third-order valence-electron chi connectivity index (χ3n) is 9.96. The normalized spacial score (nSPS) is 33.0. The van der Waals surface area contributed by atoms with E-state index in [-0.39, 0.29) is 48.5 Å². The molecule has 0 aromatic heterocycles. The summed E-state index contributed by atoms with van der Waals surface area (Å²) in [5, 5.41) is 21.6. The first-order chi connectivity index (χ1) is 21.1. The standard InChI is InChI=1S/C36H62O8Si/c1-11-30(38)27(8)35-31(42-35)22-24(5)16-15-17-25(6)34-26(7)18-19-32(41-28(9)37)36(10,40)21-20-29(23-33(39)43-34)44-45(12-2,13-3)14-4/h15-19,24,26-27,29-32,34-35,38,40H,11-14,20-23H2,1-10H3/b16-15+,19-18+,25-17+. The first-order valence-corrected chi connectivity index (χ1v) is 19.8. The lowest BCUT2D eigenvalue weighted by atomic mass is 9.88. The third kappa shape index (κ3) is 12.1. The number of epoxide rings is 1. The zero-order chi connectivity index (χ0) is 33.9. The van der Waals surface area contributed by atoms with Gasteiger partial charge >= 0.3 is 11.9 Å². The summed E-state index contributed by atoms with van der Waals surface area (Å²) in [4.78, 5) is 25.4. The molecule has 0 aromatic rings. The van der Waals surface area contributed by atoms with Gasteiger partial charge in [0, 0.05) is 18.8 Å². The minimum atomic E-state index is -2.05. The summed E-state index contributed by atoms with van der Waals surface area (Å²) in [6.07, 6.45) is 10.3. The van der Waals surface area contributed by atoms with Crippen LogP contribution in [0.4, 0.5) is 0 Å². The molecule has 2 N–H and O–H groups in total. The van der Waals surface area contributed by atoms with Crippen molar-refractivity contribution in [1.29, 1.82) is 0 Å². The zero-order valence-corrected chi connectivity index (χ0v) is 30.6. The number of ether oxygens (including phenoxy) is 3. The molecular formula is C36H62O8Si. The molecule has 2 aliphatic heterocycles. The van der Waals surface area contributed by atoms with Crippen LogP contribution in [-0.4, -0.2) is 72.7 Å². The van der Waals surface area contributed by atoms with Crippen molar-refractivity contribution in [3.05, 3.63) is 36.0 Å². The molecule has 9 heteroatoms. The molecule has 0 saturated carbocycles. The summed E-state index contributed by atoms with van der Waals surface area (Å²) in [5.74, 6) is -0.632. The quantitative estimate of drug-likeness (QED) is 0.0676. The number of carbonyl (C=O) groups is 2. The van der Waals surface area contributed by atoms with E-state index < -0.39 is 38.2 Å². The highest BCUT2D eigenvalue weighted by molar-refractivity contribution is 6.73. The lowest BCUT2D eigenvalue weighted by molar-refractivity contribution is -0.157. The molecule has 0 radical (unpaired) electrons. The number of allylic oxidation sites excluding steroid dienone is 3. The van der Waals surface area contributed by atoms with Crippen LogP contribution in [-0.2, 0) is 28.2 Å². The molecule has 10 atom stereocenters. The second-order valence-electron chi connectivity index (χ2n) is 13.8.